The first-order valence-corrected chi connectivity index (χ1v) is 5.87. The lowest BCUT2D eigenvalue weighted by Gasteiger charge is -2.23. The first-order chi connectivity index (χ1) is 7.37. The van der Waals surface area contributed by atoms with Crippen LogP contribution in [0.1, 0.15) is 25.8 Å². The molecular weight excluding hydrogens is 272 g/mol. The maximum Gasteiger partial charge on any atom is 0.283 e. The van der Waals surface area contributed by atoms with Crippen molar-refractivity contribution in [1.29, 1.82) is 0 Å². The molecule has 0 saturated heterocycles. The minimum absolute atomic E-state index is 0.0874. The van der Waals surface area contributed by atoms with Crippen LogP contribution in [-0.4, -0.2) is 10.5 Å². The third kappa shape index (κ3) is 3.02. The van der Waals surface area contributed by atoms with Gasteiger partial charge in [-0.1, -0.05) is 19.1 Å². The number of nitrogens with two attached hydrogens (primary N) is 1. The maximum absolute atomic E-state index is 10.8. The molecular formula is C11H15BrN2O2. The molecule has 16 heavy (non-hydrogen) atoms. The lowest BCUT2D eigenvalue weighted by atomic mass is 9.91. The molecule has 0 spiro atoms. The van der Waals surface area contributed by atoms with Gasteiger partial charge in [-0.3, -0.25) is 10.1 Å². The molecule has 1 aromatic carbocycles. The Morgan fingerprint density at radius 1 is 1.56 bits per heavy atom. The highest BCUT2D eigenvalue weighted by Gasteiger charge is 2.21. The standard InChI is InChI=1S/C11H15BrN2O2/c1-3-11(2,13)7-8-5-4-6-9(10(8)12)14(15)16/h4-6H,3,7,13H2,1-2H3. The minimum atomic E-state index is -0.395. The summed E-state index contributed by atoms with van der Waals surface area (Å²) in [4.78, 5) is 10.4. The molecule has 2 N–H and O–H groups in total. The minimum Gasteiger partial charge on any atom is -0.325 e. The number of hydrogen-bond acceptors (Lipinski definition) is 3. The molecule has 0 aromatic heterocycles. The number of nitrogens with zero attached hydrogens (tertiary/aromatic N) is 1. The van der Waals surface area contributed by atoms with Gasteiger partial charge in [-0.2, -0.15) is 0 Å². The Labute approximate surface area is 103 Å². The molecule has 1 aromatic rings. The van der Waals surface area contributed by atoms with Crippen molar-refractivity contribution < 1.29 is 4.92 Å². The molecule has 88 valence electrons. The van der Waals surface area contributed by atoms with Gasteiger partial charge < -0.3 is 5.73 Å². The van der Waals surface area contributed by atoms with Crippen molar-refractivity contribution in [3.8, 4) is 0 Å². The molecule has 0 heterocycles. The van der Waals surface area contributed by atoms with Crippen molar-refractivity contribution in [3.63, 3.8) is 0 Å². The predicted molar refractivity (Wildman–Crippen MR) is 67.4 cm³/mol. The zero-order valence-electron chi connectivity index (χ0n) is 9.37. The summed E-state index contributed by atoms with van der Waals surface area (Å²) in [7, 11) is 0. The van der Waals surface area contributed by atoms with Crippen LogP contribution in [0.5, 0.6) is 0 Å². The highest BCUT2D eigenvalue weighted by molar-refractivity contribution is 9.10. The van der Waals surface area contributed by atoms with E-state index in [2.05, 4.69) is 15.9 Å². The van der Waals surface area contributed by atoms with E-state index in [1.807, 2.05) is 19.9 Å². The molecule has 0 radical (unpaired) electrons. The number of benzene rings is 1. The molecule has 1 atom stereocenters. The lowest BCUT2D eigenvalue weighted by Crippen LogP contribution is -2.37. The highest BCUT2D eigenvalue weighted by atomic mass is 79.9. The molecule has 1 unspecified atom stereocenters. The monoisotopic (exact) mass is 286 g/mol. The summed E-state index contributed by atoms with van der Waals surface area (Å²) >= 11 is 3.27. The van der Waals surface area contributed by atoms with Gasteiger partial charge in [0.25, 0.3) is 5.69 Å². The first-order valence-electron chi connectivity index (χ1n) is 5.08. The molecule has 0 aliphatic carbocycles. The zero-order chi connectivity index (χ0) is 12.3. The van der Waals surface area contributed by atoms with Gasteiger partial charge in [0, 0.05) is 11.6 Å². The summed E-state index contributed by atoms with van der Waals surface area (Å²) in [6.07, 6.45) is 1.44. The van der Waals surface area contributed by atoms with Crippen LogP contribution in [0, 0.1) is 10.1 Å². The summed E-state index contributed by atoms with van der Waals surface area (Å²) < 4.78 is 0.533. The van der Waals surface area contributed by atoms with Gasteiger partial charge in [0.2, 0.25) is 0 Å². The van der Waals surface area contributed by atoms with E-state index in [0.717, 1.165) is 12.0 Å². The number of halogens is 1. The summed E-state index contributed by atoms with van der Waals surface area (Å²) in [5.74, 6) is 0. The van der Waals surface area contributed by atoms with Crippen LogP contribution >= 0.6 is 15.9 Å². The van der Waals surface area contributed by atoms with Crippen LogP contribution in [0.4, 0.5) is 5.69 Å². The van der Waals surface area contributed by atoms with E-state index in [1.54, 1.807) is 6.07 Å². The Morgan fingerprint density at radius 3 is 2.69 bits per heavy atom. The molecule has 0 bridgehead atoms. The van der Waals surface area contributed by atoms with Crippen molar-refractivity contribution in [1.82, 2.24) is 0 Å². The van der Waals surface area contributed by atoms with Crippen LogP contribution in [-0.2, 0) is 6.42 Å². The zero-order valence-corrected chi connectivity index (χ0v) is 11.0. The van der Waals surface area contributed by atoms with Gasteiger partial charge in [0.15, 0.2) is 0 Å². The summed E-state index contributed by atoms with van der Waals surface area (Å²) in [6.45, 7) is 3.95. The normalized spacial score (nSPS) is 14.5. The number of nitro benzene ring substituents is 1. The van der Waals surface area contributed by atoms with Gasteiger partial charge in [0.1, 0.15) is 0 Å². The molecule has 5 heteroatoms. The topological polar surface area (TPSA) is 69.2 Å². The van der Waals surface area contributed by atoms with Gasteiger partial charge in [-0.05, 0) is 41.3 Å². The average molecular weight is 287 g/mol. The van der Waals surface area contributed by atoms with E-state index < -0.39 is 4.92 Å². The van der Waals surface area contributed by atoms with Gasteiger partial charge in [-0.25, -0.2) is 0 Å². The second-order valence-corrected chi connectivity index (χ2v) is 4.98. The van der Waals surface area contributed by atoms with Gasteiger partial charge >= 0.3 is 0 Å². The highest BCUT2D eigenvalue weighted by Crippen LogP contribution is 2.30. The molecule has 4 nitrogen and oxygen atoms in total. The molecule has 0 fully saturated rings. The van der Waals surface area contributed by atoms with Gasteiger partial charge in [0.05, 0.1) is 9.40 Å². The van der Waals surface area contributed by atoms with Crippen molar-refractivity contribution in [2.45, 2.75) is 32.2 Å². The predicted octanol–water partition coefficient (Wildman–Crippen LogP) is 3.03. The van der Waals surface area contributed by atoms with Crippen LogP contribution in [0.2, 0.25) is 0 Å². The fraction of sp³-hybridized carbons (Fsp3) is 0.455. The Hall–Kier alpha value is -0.940. The third-order valence-electron chi connectivity index (χ3n) is 2.66. The Bertz CT molecular complexity index is 405. The summed E-state index contributed by atoms with van der Waals surface area (Å²) in [6, 6.07) is 5.02. The molecule has 0 aliphatic rings. The van der Waals surface area contributed by atoms with Gasteiger partial charge in [-0.15, -0.1) is 0 Å². The van der Waals surface area contributed by atoms with E-state index in [-0.39, 0.29) is 11.2 Å². The Kier molecular flexibility index (Phi) is 4.04. The molecule has 0 saturated carbocycles. The second-order valence-electron chi connectivity index (χ2n) is 4.19. The van der Waals surface area contributed by atoms with Crippen LogP contribution in [0.15, 0.2) is 22.7 Å². The fourth-order valence-corrected chi connectivity index (χ4v) is 1.95. The summed E-state index contributed by atoms with van der Waals surface area (Å²) in [5.41, 5.74) is 6.68. The van der Waals surface area contributed by atoms with Crippen molar-refractivity contribution in [2.24, 2.45) is 5.73 Å². The van der Waals surface area contributed by atoms with Crippen molar-refractivity contribution >= 4 is 21.6 Å². The van der Waals surface area contributed by atoms with Crippen molar-refractivity contribution in [3.05, 3.63) is 38.3 Å². The Morgan fingerprint density at radius 2 is 2.19 bits per heavy atom. The van der Waals surface area contributed by atoms with Crippen LogP contribution in [0.3, 0.4) is 0 Å². The molecule has 0 amide bonds. The van der Waals surface area contributed by atoms with E-state index in [9.17, 15) is 10.1 Å². The second kappa shape index (κ2) is 4.93. The number of nitro groups is 1. The average Bonchev–Trinajstić information content (AvgIpc) is 2.20. The summed E-state index contributed by atoms with van der Waals surface area (Å²) in [5, 5.41) is 10.8. The fourth-order valence-electron chi connectivity index (χ4n) is 1.40. The largest absolute Gasteiger partial charge is 0.325 e. The SMILES string of the molecule is CCC(C)(N)Cc1cccc([N+](=O)[O-])c1Br. The lowest BCUT2D eigenvalue weighted by molar-refractivity contribution is -0.385. The van der Waals surface area contributed by atoms with Crippen LogP contribution in [0.25, 0.3) is 0 Å². The van der Waals surface area contributed by atoms with E-state index in [1.165, 1.54) is 6.07 Å². The van der Waals surface area contributed by atoms with Crippen LogP contribution < -0.4 is 5.73 Å². The van der Waals surface area contributed by atoms with E-state index in [0.29, 0.717) is 10.9 Å². The number of rotatable bonds is 4. The molecule has 0 aliphatic heterocycles. The molecule has 1 rings (SSSR count). The maximum atomic E-state index is 10.8. The Balaban J connectivity index is 3.07. The first kappa shape index (κ1) is 13.1. The third-order valence-corrected chi connectivity index (χ3v) is 3.57. The van der Waals surface area contributed by atoms with E-state index in [4.69, 9.17) is 5.73 Å². The quantitative estimate of drug-likeness (QED) is 0.683. The number of hydrogen-bond donors (Lipinski definition) is 1. The van der Waals surface area contributed by atoms with Crippen molar-refractivity contribution in [2.75, 3.05) is 0 Å². The van der Waals surface area contributed by atoms with E-state index >= 15 is 0 Å². The smallest absolute Gasteiger partial charge is 0.283 e.